The molecule has 0 aliphatic heterocycles. The summed E-state index contributed by atoms with van der Waals surface area (Å²) in [6.45, 7) is 8.95. The standard InChI is InChI=1S/C14H22N6/c1-6-12-17-13(15-7-2)9(3)14(18-12)16-11-8-20(5)19-10(11)4/h8H,6-7H2,1-5H3,(H2,15,16,17,18). The number of hydrogen-bond acceptors (Lipinski definition) is 5. The minimum Gasteiger partial charge on any atom is -0.370 e. The molecular formula is C14H22N6. The molecule has 2 heterocycles. The fourth-order valence-electron chi connectivity index (χ4n) is 2.03. The third-order valence-corrected chi connectivity index (χ3v) is 3.12. The number of nitrogens with zero attached hydrogens (tertiary/aromatic N) is 4. The summed E-state index contributed by atoms with van der Waals surface area (Å²) in [7, 11) is 1.91. The van der Waals surface area contributed by atoms with Gasteiger partial charge in [0, 0.05) is 31.8 Å². The molecule has 0 aromatic carbocycles. The smallest absolute Gasteiger partial charge is 0.139 e. The molecule has 0 saturated heterocycles. The van der Waals surface area contributed by atoms with E-state index in [1.54, 1.807) is 4.68 Å². The molecular weight excluding hydrogens is 252 g/mol. The molecule has 0 radical (unpaired) electrons. The molecule has 0 aliphatic rings. The highest BCUT2D eigenvalue weighted by atomic mass is 15.3. The Morgan fingerprint density at radius 1 is 1.15 bits per heavy atom. The lowest BCUT2D eigenvalue weighted by Crippen LogP contribution is -2.09. The highest BCUT2D eigenvalue weighted by molar-refractivity contribution is 5.65. The lowest BCUT2D eigenvalue weighted by Gasteiger charge is -2.13. The van der Waals surface area contributed by atoms with Crippen LogP contribution in [0.25, 0.3) is 0 Å². The molecule has 0 aliphatic carbocycles. The minimum absolute atomic E-state index is 0.805. The van der Waals surface area contributed by atoms with E-state index in [1.807, 2.05) is 27.1 Å². The van der Waals surface area contributed by atoms with Crippen LogP contribution in [0.5, 0.6) is 0 Å². The van der Waals surface area contributed by atoms with Gasteiger partial charge in [0.05, 0.1) is 11.4 Å². The first kappa shape index (κ1) is 14.3. The van der Waals surface area contributed by atoms with Gasteiger partial charge in [-0.2, -0.15) is 5.10 Å². The second-order valence-corrected chi connectivity index (χ2v) is 4.77. The highest BCUT2D eigenvalue weighted by Gasteiger charge is 2.12. The molecule has 0 saturated carbocycles. The minimum atomic E-state index is 0.805. The largest absolute Gasteiger partial charge is 0.370 e. The second-order valence-electron chi connectivity index (χ2n) is 4.77. The van der Waals surface area contributed by atoms with Crippen molar-refractivity contribution in [1.82, 2.24) is 19.7 Å². The summed E-state index contributed by atoms with van der Waals surface area (Å²) in [5.74, 6) is 2.56. The quantitative estimate of drug-likeness (QED) is 0.877. The van der Waals surface area contributed by atoms with E-state index in [0.29, 0.717) is 0 Å². The molecule has 0 unspecified atom stereocenters. The second kappa shape index (κ2) is 5.90. The van der Waals surface area contributed by atoms with Crippen molar-refractivity contribution in [3.05, 3.63) is 23.3 Å². The molecule has 108 valence electrons. The summed E-state index contributed by atoms with van der Waals surface area (Å²) in [5, 5.41) is 11.0. The van der Waals surface area contributed by atoms with Crippen LogP contribution in [0.3, 0.4) is 0 Å². The monoisotopic (exact) mass is 274 g/mol. The van der Waals surface area contributed by atoms with Gasteiger partial charge in [0.25, 0.3) is 0 Å². The van der Waals surface area contributed by atoms with Gasteiger partial charge in [-0.3, -0.25) is 4.68 Å². The van der Waals surface area contributed by atoms with Crippen LogP contribution >= 0.6 is 0 Å². The maximum atomic E-state index is 4.58. The van der Waals surface area contributed by atoms with Crippen LogP contribution in [0.2, 0.25) is 0 Å². The van der Waals surface area contributed by atoms with Crippen molar-refractivity contribution in [2.45, 2.75) is 34.1 Å². The average molecular weight is 274 g/mol. The van der Waals surface area contributed by atoms with Gasteiger partial charge in [-0.25, -0.2) is 9.97 Å². The molecule has 0 amide bonds. The third-order valence-electron chi connectivity index (χ3n) is 3.12. The Balaban J connectivity index is 2.39. The molecule has 2 rings (SSSR count). The van der Waals surface area contributed by atoms with Crippen molar-refractivity contribution in [2.75, 3.05) is 17.2 Å². The highest BCUT2D eigenvalue weighted by Crippen LogP contribution is 2.25. The van der Waals surface area contributed by atoms with Crippen molar-refractivity contribution >= 4 is 17.3 Å². The Bertz CT molecular complexity index is 602. The number of hydrogen-bond donors (Lipinski definition) is 2. The van der Waals surface area contributed by atoms with E-state index in [4.69, 9.17) is 0 Å². The van der Waals surface area contributed by atoms with E-state index >= 15 is 0 Å². The zero-order chi connectivity index (χ0) is 14.7. The summed E-state index contributed by atoms with van der Waals surface area (Å²) in [5.41, 5.74) is 2.94. The van der Waals surface area contributed by atoms with Gasteiger partial charge in [-0.15, -0.1) is 0 Å². The van der Waals surface area contributed by atoms with Gasteiger partial charge in [-0.1, -0.05) is 6.92 Å². The predicted molar refractivity (Wildman–Crippen MR) is 81.5 cm³/mol. The Morgan fingerprint density at radius 3 is 2.40 bits per heavy atom. The Labute approximate surface area is 119 Å². The number of nitrogens with one attached hydrogen (secondary N) is 2. The van der Waals surface area contributed by atoms with Crippen LogP contribution in [0.1, 0.15) is 30.9 Å². The van der Waals surface area contributed by atoms with Gasteiger partial charge < -0.3 is 10.6 Å². The molecule has 0 fully saturated rings. The van der Waals surface area contributed by atoms with Gasteiger partial charge in [-0.05, 0) is 20.8 Å². The normalized spacial score (nSPS) is 10.7. The molecule has 0 bridgehead atoms. The van der Waals surface area contributed by atoms with Crippen molar-refractivity contribution < 1.29 is 0 Å². The Kier molecular flexibility index (Phi) is 4.22. The number of aromatic nitrogens is 4. The van der Waals surface area contributed by atoms with E-state index in [9.17, 15) is 0 Å². The van der Waals surface area contributed by atoms with Gasteiger partial charge >= 0.3 is 0 Å². The lowest BCUT2D eigenvalue weighted by molar-refractivity contribution is 0.756. The molecule has 2 aromatic rings. The molecule has 6 heteroatoms. The molecule has 2 N–H and O–H groups in total. The van der Waals surface area contributed by atoms with Crippen LogP contribution in [0, 0.1) is 13.8 Å². The SMILES string of the molecule is CCNc1nc(CC)nc(Nc2cn(C)nc2C)c1C. The molecule has 0 spiro atoms. The first-order chi connectivity index (χ1) is 9.55. The summed E-state index contributed by atoms with van der Waals surface area (Å²) in [4.78, 5) is 9.11. The van der Waals surface area contributed by atoms with Crippen molar-refractivity contribution in [3.63, 3.8) is 0 Å². The fourth-order valence-corrected chi connectivity index (χ4v) is 2.03. The van der Waals surface area contributed by atoms with Crippen LogP contribution in [-0.4, -0.2) is 26.3 Å². The topological polar surface area (TPSA) is 67.7 Å². The molecule has 20 heavy (non-hydrogen) atoms. The van der Waals surface area contributed by atoms with Crippen LogP contribution in [0.4, 0.5) is 17.3 Å². The summed E-state index contributed by atoms with van der Waals surface area (Å²) in [6.07, 6.45) is 2.76. The predicted octanol–water partition coefficient (Wildman–Crippen LogP) is 2.56. The van der Waals surface area contributed by atoms with Crippen molar-refractivity contribution in [1.29, 1.82) is 0 Å². The lowest BCUT2D eigenvalue weighted by atomic mass is 10.2. The van der Waals surface area contributed by atoms with Gasteiger partial charge in [0.1, 0.15) is 17.5 Å². The number of aryl methyl sites for hydroxylation is 3. The maximum Gasteiger partial charge on any atom is 0.139 e. The van der Waals surface area contributed by atoms with Crippen LogP contribution in [0.15, 0.2) is 6.20 Å². The fraction of sp³-hybridized carbons (Fsp3) is 0.500. The van der Waals surface area contributed by atoms with Crippen LogP contribution in [-0.2, 0) is 13.5 Å². The molecule has 2 aromatic heterocycles. The van der Waals surface area contributed by atoms with Gasteiger partial charge in [0.15, 0.2) is 0 Å². The zero-order valence-electron chi connectivity index (χ0n) is 12.8. The summed E-state index contributed by atoms with van der Waals surface area (Å²) >= 11 is 0. The van der Waals surface area contributed by atoms with E-state index in [0.717, 1.165) is 47.4 Å². The molecule has 6 nitrogen and oxygen atoms in total. The third kappa shape index (κ3) is 2.89. The first-order valence-electron chi connectivity index (χ1n) is 6.93. The number of rotatable bonds is 5. The van der Waals surface area contributed by atoms with Crippen molar-refractivity contribution in [3.8, 4) is 0 Å². The van der Waals surface area contributed by atoms with Gasteiger partial charge in [0.2, 0.25) is 0 Å². The zero-order valence-corrected chi connectivity index (χ0v) is 12.8. The Hall–Kier alpha value is -2.11. The van der Waals surface area contributed by atoms with E-state index < -0.39 is 0 Å². The first-order valence-corrected chi connectivity index (χ1v) is 6.93. The molecule has 0 atom stereocenters. The maximum absolute atomic E-state index is 4.58. The number of anilines is 3. The van der Waals surface area contributed by atoms with Crippen molar-refractivity contribution in [2.24, 2.45) is 7.05 Å². The van der Waals surface area contributed by atoms with E-state index in [1.165, 1.54) is 0 Å². The Morgan fingerprint density at radius 2 is 1.85 bits per heavy atom. The van der Waals surface area contributed by atoms with E-state index in [2.05, 4.69) is 39.5 Å². The summed E-state index contributed by atoms with van der Waals surface area (Å²) < 4.78 is 1.79. The van der Waals surface area contributed by atoms with Crippen LogP contribution < -0.4 is 10.6 Å². The average Bonchev–Trinajstić information content (AvgIpc) is 2.72. The summed E-state index contributed by atoms with van der Waals surface area (Å²) in [6, 6.07) is 0. The van der Waals surface area contributed by atoms with E-state index in [-0.39, 0.29) is 0 Å².